The van der Waals surface area contributed by atoms with Crippen LogP contribution in [0.5, 0.6) is 0 Å². The van der Waals surface area contributed by atoms with Gasteiger partial charge in [0.1, 0.15) is 5.06 Å². The summed E-state index contributed by atoms with van der Waals surface area (Å²) in [5.41, 5.74) is 7.54. The molecule has 2 atom stereocenters. The summed E-state index contributed by atoms with van der Waals surface area (Å²) in [4.78, 5) is 13.7. The average molecular weight is 369 g/mol. The van der Waals surface area contributed by atoms with Gasteiger partial charge in [0.05, 0.1) is 5.56 Å². The number of nitrogen functional groups attached to an aromatic ring is 1. The van der Waals surface area contributed by atoms with Gasteiger partial charge in [-0.2, -0.15) is 0 Å². The van der Waals surface area contributed by atoms with Crippen molar-refractivity contribution in [3.8, 4) is 0 Å². The van der Waals surface area contributed by atoms with Crippen molar-refractivity contribution in [2.24, 2.45) is 5.92 Å². The summed E-state index contributed by atoms with van der Waals surface area (Å²) in [6.07, 6.45) is 4.85. The van der Waals surface area contributed by atoms with E-state index in [1.165, 1.54) is 18.9 Å². The topological polar surface area (TPSA) is 75.8 Å². The monoisotopic (exact) mass is 368 g/mol. The number of alkyl halides is 1. The van der Waals surface area contributed by atoms with E-state index >= 15 is 0 Å². The standard InChI is InChI=1S/C19H29ClN2O3/c1-3-4-9-22-10-5-6-16(13-22)19(20,25-2)12-15-11-14(18(23)24)7-8-17(15)21/h7-8,11,16H,3-6,9-10,12-13,21H2,1-2H3,(H,23,24). The summed E-state index contributed by atoms with van der Waals surface area (Å²) in [6.45, 7) is 5.28. The van der Waals surface area contributed by atoms with Crippen LogP contribution in [0.3, 0.4) is 0 Å². The van der Waals surface area contributed by atoms with Crippen molar-refractivity contribution in [2.45, 2.75) is 44.1 Å². The maximum atomic E-state index is 11.2. The SMILES string of the molecule is CCCCN1CCCC(C(Cl)(Cc2cc(C(=O)O)ccc2N)OC)C1. The van der Waals surface area contributed by atoms with Crippen molar-refractivity contribution in [1.82, 2.24) is 4.90 Å². The Balaban J connectivity index is 2.16. The van der Waals surface area contributed by atoms with Crippen LogP contribution in [0.15, 0.2) is 18.2 Å². The van der Waals surface area contributed by atoms with Crippen molar-refractivity contribution < 1.29 is 14.6 Å². The minimum absolute atomic E-state index is 0.178. The Hall–Kier alpha value is -1.30. The molecule has 0 amide bonds. The number of ether oxygens (including phenoxy) is 1. The third-order valence-electron chi connectivity index (χ3n) is 5.10. The third-order valence-corrected chi connectivity index (χ3v) is 5.70. The van der Waals surface area contributed by atoms with Crippen LogP contribution in [0.25, 0.3) is 0 Å². The lowest BCUT2D eigenvalue weighted by atomic mass is 9.87. The molecule has 1 aromatic rings. The Labute approximate surface area is 155 Å². The number of nitrogens with zero attached hydrogens (tertiary/aromatic N) is 1. The summed E-state index contributed by atoms with van der Waals surface area (Å²) in [5, 5.41) is 8.33. The highest BCUT2D eigenvalue weighted by molar-refractivity contribution is 6.23. The highest BCUT2D eigenvalue weighted by atomic mass is 35.5. The number of halogens is 1. The molecule has 6 heteroatoms. The molecule has 1 fully saturated rings. The van der Waals surface area contributed by atoms with Crippen LogP contribution < -0.4 is 5.73 Å². The first kappa shape index (κ1) is 20.0. The van der Waals surface area contributed by atoms with Gasteiger partial charge >= 0.3 is 5.97 Å². The molecule has 140 valence electrons. The zero-order valence-corrected chi connectivity index (χ0v) is 15.9. The van der Waals surface area contributed by atoms with Crippen molar-refractivity contribution >= 4 is 23.3 Å². The molecule has 2 unspecified atom stereocenters. The fraction of sp³-hybridized carbons (Fsp3) is 0.632. The van der Waals surface area contributed by atoms with Crippen LogP contribution in [0, 0.1) is 5.92 Å². The second-order valence-corrected chi connectivity index (χ2v) is 7.52. The van der Waals surface area contributed by atoms with E-state index in [0.29, 0.717) is 12.1 Å². The van der Waals surface area contributed by atoms with Crippen LogP contribution >= 0.6 is 11.6 Å². The lowest BCUT2D eigenvalue weighted by Crippen LogP contribution is -2.47. The average Bonchev–Trinajstić information content (AvgIpc) is 2.61. The third kappa shape index (κ3) is 5.09. The minimum atomic E-state index is -0.970. The second-order valence-electron chi connectivity index (χ2n) is 6.88. The van der Waals surface area contributed by atoms with E-state index in [1.807, 2.05) is 0 Å². The number of nitrogens with two attached hydrogens (primary N) is 1. The molecule has 0 bridgehead atoms. The molecule has 0 aromatic heterocycles. The number of benzene rings is 1. The first-order chi connectivity index (χ1) is 11.9. The molecule has 0 aliphatic carbocycles. The molecule has 0 spiro atoms. The summed E-state index contributed by atoms with van der Waals surface area (Å²) in [6, 6.07) is 4.74. The summed E-state index contributed by atoms with van der Waals surface area (Å²) >= 11 is 6.89. The van der Waals surface area contributed by atoms with E-state index in [9.17, 15) is 9.90 Å². The van der Waals surface area contributed by atoms with Crippen LogP contribution in [0.2, 0.25) is 0 Å². The lowest BCUT2D eigenvalue weighted by molar-refractivity contribution is -0.0171. The number of carboxylic acids is 1. The Morgan fingerprint density at radius 2 is 2.28 bits per heavy atom. The van der Waals surface area contributed by atoms with Gasteiger partial charge in [-0.05, 0) is 56.1 Å². The molecule has 1 aliphatic rings. The van der Waals surface area contributed by atoms with E-state index in [1.54, 1.807) is 19.2 Å². The van der Waals surface area contributed by atoms with Crippen LogP contribution in [0.1, 0.15) is 48.5 Å². The van der Waals surface area contributed by atoms with E-state index in [-0.39, 0.29) is 11.5 Å². The van der Waals surface area contributed by atoms with Gasteiger partial charge in [-0.1, -0.05) is 24.9 Å². The number of unbranched alkanes of at least 4 members (excludes halogenated alkanes) is 1. The number of hydrogen-bond acceptors (Lipinski definition) is 4. The van der Waals surface area contributed by atoms with Crippen LogP contribution in [0.4, 0.5) is 5.69 Å². The molecule has 1 aliphatic heterocycles. The van der Waals surface area contributed by atoms with E-state index < -0.39 is 11.0 Å². The molecule has 25 heavy (non-hydrogen) atoms. The number of methoxy groups -OCH3 is 1. The molecule has 5 nitrogen and oxygen atoms in total. The van der Waals surface area contributed by atoms with Gasteiger partial charge in [-0.15, -0.1) is 0 Å². The molecule has 2 rings (SSSR count). The molecule has 0 radical (unpaired) electrons. The minimum Gasteiger partial charge on any atom is -0.478 e. The normalized spacial score (nSPS) is 21.0. The van der Waals surface area contributed by atoms with E-state index in [2.05, 4.69) is 11.8 Å². The predicted octanol–water partition coefficient (Wildman–Crippen LogP) is 3.60. The van der Waals surface area contributed by atoms with Crippen molar-refractivity contribution in [1.29, 1.82) is 0 Å². The maximum absolute atomic E-state index is 11.2. The fourth-order valence-electron chi connectivity index (χ4n) is 3.53. The van der Waals surface area contributed by atoms with Gasteiger partial charge in [0.2, 0.25) is 0 Å². The van der Waals surface area contributed by atoms with Crippen LogP contribution in [-0.4, -0.2) is 47.8 Å². The van der Waals surface area contributed by atoms with E-state index in [0.717, 1.165) is 38.0 Å². The Bertz CT molecular complexity index is 596. The number of likely N-dealkylation sites (tertiary alicyclic amines) is 1. The summed E-state index contributed by atoms with van der Waals surface area (Å²) in [7, 11) is 1.62. The largest absolute Gasteiger partial charge is 0.478 e. The first-order valence-electron chi connectivity index (χ1n) is 8.97. The van der Waals surface area contributed by atoms with Crippen LogP contribution in [-0.2, 0) is 11.2 Å². The second kappa shape index (κ2) is 8.88. The zero-order valence-electron chi connectivity index (χ0n) is 15.1. The van der Waals surface area contributed by atoms with Gasteiger partial charge in [0.25, 0.3) is 0 Å². The number of rotatable bonds is 8. The number of carboxylic acid groups (broad SMARTS) is 1. The zero-order chi connectivity index (χ0) is 18.4. The van der Waals surface area contributed by atoms with Crippen molar-refractivity contribution in [2.75, 3.05) is 32.5 Å². The molecule has 0 saturated carbocycles. The smallest absolute Gasteiger partial charge is 0.335 e. The van der Waals surface area contributed by atoms with Gasteiger partial charge in [-0.25, -0.2) is 4.79 Å². The Morgan fingerprint density at radius 1 is 1.52 bits per heavy atom. The highest BCUT2D eigenvalue weighted by Crippen LogP contribution is 2.37. The van der Waals surface area contributed by atoms with Gasteiger partial charge in [0, 0.05) is 31.7 Å². The Kier molecular flexibility index (Phi) is 7.11. The molecule has 1 saturated heterocycles. The number of piperidine rings is 1. The van der Waals surface area contributed by atoms with Crippen molar-refractivity contribution in [3.05, 3.63) is 29.3 Å². The summed E-state index contributed by atoms with van der Waals surface area (Å²) < 4.78 is 5.73. The Morgan fingerprint density at radius 3 is 2.92 bits per heavy atom. The fourth-order valence-corrected chi connectivity index (χ4v) is 3.85. The molecule has 1 aromatic carbocycles. The number of anilines is 1. The maximum Gasteiger partial charge on any atom is 0.335 e. The van der Waals surface area contributed by atoms with Crippen molar-refractivity contribution in [3.63, 3.8) is 0 Å². The quantitative estimate of drug-likeness (QED) is 0.541. The van der Waals surface area contributed by atoms with Gasteiger partial charge in [-0.3, -0.25) is 0 Å². The summed E-state index contributed by atoms with van der Waals surface area (Å²) in [5.74, 6) is -0.792. The molecule has 1 heterocycles. The molecule has 3 N–H and O–H groups in total. The van der Waals surface area contributed by atoms with E-state index in [4.69, 9.17) is 22.1 Å². The molecular weight excluding hydrogens is 340 g/mol. The first-order valence-corrected chi connectivity index (χ1v) is 9.35. The number of hydrogen-bond donors (Lipinski definition) is 2. The molecular formula is C19H29ClN2O3. The lowest BCUT2D eigenvalue weighted by Gasteiger charge is -2.41. The predicted molar refractivity (Wildman–Crippen MR) is 101 cm³/mol. The number of aromatic carboxylic acids is 1. The van der Waals surface area contributed by atoms with Gasteiger partial charge in [0.15, 0.2) is 0 Å². The number of carbonyl (C=O) groups is 1. The van der Waals surface area contributed by atoms with Gasteiger partial charge < -0.3 is 20.5 Å². The highest BCUT2D eigenvalue weighted by Gasteiger charge is 2.40.